The van der Waals surface area contributed by atoms with E-state index in [4.69, 9.17) is 0 Å². The van der Waals surface area contributed by atoms with Gasteiger partial charge < -0.3 is 10.2 Å². The Morgan fingerprint density at radius 3 is 2.76 bits per heavy atom. The van der Waals surface area contributed by atoms with Crippen LogP contribution in [0.2, 0.25) is 0 Å². The summed E-state index contributed by atoms with van der Waals surface area (Å²) in [7, 11) is 3.97. The van der Waals surface area contributed by atoms with Crippen molar-refractivity contribution >= 4 is 22.4 Å². The van der Waals surface area contributed by atoms with Crippen LogP contribution in [0.3, 0.4) is 0 Å². The van der Waals surface area contributed by atoms with Crippen LogP contribution in [0.5, 0.6) is 0 Å². The second kappa shape index (κ2) is 6.29. The molecule has 1 aliphatic rings. The second-order valence-corrected chi connectivity index (χ2v) is 7.18. The predicted molar refractivity (Wildman–Crippen MR) is 96.1 cm³/mol. The van der Waals surface area contributed by atoms with E-state index in [1.807, 2.05) is 31.1 Å². The highest BCUT2D eigenvalue weighted by molar-refractivity contribution is 7.15. The number of thiazole rings is 1. The van der Waals surface area contributed by atoms with Gasteiger partial charge in [0.15, 0.2) is 5.13 Å². The summed E-state index contributed by atoms with van der Waals surface area (Å²) in [6.45, 7) is 0.492. The molecule has 1 aliphatic heterocycles. The fraction of sp³-hybridized carbons (Fsp3) is 0.294. The van der Waals surface area contributed by atoms with Crippen molar-refractivity contribution in [3.8, 4) is 5.69 Å². The normalized spacial score (nSPS) is 16.9. The lowest BCUT2D eigenvalue weighted by Gasteiger charge is -2.14. The maximum Gasteiger partial charge on any atom is 0.221 e. The Balaban J connectivity index is 1.72. The number of anilines is 1. The van der Waals surface area contributed by atoms with Gasteiger partial charge in [0.05, 0.1) is 17.9 Å². The molecule has 1 aromatic carbocycles. The Kier molecular flexibility index (Phi) is 3.96. The van der Waals surface area contributed by atoms with Crippen molar-refractivity contribution in [2.45, 2.75) is 18.9 Å². The van der Waals surface area contributed by atoms with E-state index in [-0.39, 0.29) is 11.8 Å². The SMILES string of the molecule is CN(C)c1nc2c(s1)[C@H](c1ccc(-n3cncn3)cc1)CC(=O)NC2. The zero-order chi connectivity index (χ0) is 17.4. The molecule has 8 heteroatoms. The molecule has 0 unspecified atom stereocenters. The predicted octanol–water partition coefficient (Wildman–Crippen LogP) is 1.94. The van der Waals surface area contributed by atoms with Gasteiger partial charge in [0, 0.05) is 31.3 Å². The molecule has 0 aliphatic carbocycles. The molecule has 3 aromatic rings. The highest BCUT2D eigenvalue weighted by Crippen LogP contribution is 2.38. The Bertz CT molecular complexity index is 885. The molecule has 7 nitrogen and oxygen atoms in total. The Morgan fingerprint density at radius 2 is 2.08 bits per heavy atom. The number of rotatable bonds is 3. The van der Waals surface area contributed by atoms with Gasteiger partial charge in [0.1, 0.15) is 12.7 Å². The highest BCUT2D eigenvalue weighted by atomic mass is 32.1. The molecule has 128 valence electrons. The van der Waals surface area contributed by atoms with Gasteiger partial charge in [0.25, 0.3) is 0 Å². The monoisotopic (exact) mass is 354 g/mol. The summed E-state index contributed by atoms with van der Waals surface area (Å²) in [5, 5.41) is 8.06. The summed E-state index contributed by atoms with van der Waals surface area (Å²) < 4.78 is 1.71. The Morgan fingerprint density at radius 1 is 1.28 bits per heavy atom. The fourth-order valence-electron chi connectivity index (χ4n) is 2.94. The maximum atomic E-state index is 12.1. The minimum Gasteiger partial charge on any atom is -0.354 e. The van der Waals surface area contributed by atoms with Crippen LogP contribution in [0.25, 0.3) is 5.69 Å². The molecule has 1 N–H and O–H groups in total. The number of carbonyl (C=O) groups is 1. The first-order chi connectivity index (χ1) is 12.1. The van der Waals surface area contributed by atoms with Gasteiger partial charge in [0.2, 0.25) is 5.91 Å². The van der Waals surface area contributed by atoms with Gasteiger partial charge in [-0.05, 0) is 17.7 Å². The van der Waals surface area contributed by atoms with Crippen LogP contribution in [0.15, 0.2) is 36.9 Å². The summed E-state index contributed by atoms with van der Waals surface area (Å²) >= 11 is 1.66. The highest BCUT2D eigenvalue weighted by Gasteiger charge is 2.28. The summed E-state index contributed by atoms with van der Waals surface area (Å²) in [5.74, 6) is 0.0791. The van der Waals surface area contributed by atoms with Gasteiger partial charge in [-0.1, -0.05) is 12.1 Å². The van der Waals surface area contributed by atoms with Gasteiger partial charge in [-0.2, -0.15) is 5.10 Å². The zero-order valence-corrected chi connectivity index (χ0v) is 14.8. The molecule has 1 atom stereocenters. The molecule has 3 heterocycles. The first kappa shape index (κ1) is 15.8. The zero-order valence-electron chi connectivity index (χ0n) is 14.0. The third-order valence-electron chi connectivity index (χ3n) is 4.24. The number of amides is 1. The minimum absolute atomic E-state index is 0.0218. The summed E-state index contributed by atoms with van der Waals surface area (Å²) in [6.07, 6.45) is 3.61. The van der Waals surface area contributed by atoms with Crippen molar-refractivity contribution < 1.29 is 4.79 Å². The van der Waals surface area contributed by atoms with Crippen LogP contribution in [0.1, 0.15) is 28.5 Å². The van der Waals surface area contributed by atoms with E-state index >= 15 is 0 Å². The van der Waals surface area contributed by atoms with Gasteiger partial charge in [-0.15, -0.1) is 11.3 Å². The van der Waals surface area contributed by atoms with E-state index in [0.29, 0.717) is 13.0 Å². The maximum absolute atomic E-state index is 12.1. The average Bonchev–Trinajstić information content (AvgIpc) is 3.26. The number of nitrogens with one attached hydrogen (secondary N) is 1. The second-order valence-electron chi connectivity index (χ2n) is 6.17. The molecule has 0 bridgehead atoms. The molecule has 0 fully saturated rings. The molecule has 0 radical (unpaired) electrons. The molecule has 0 saturated heterocycles. The van der Waals surface area contributed by atoms with Crippen LogP contribution in [-0.2, 0) is 11.3 Å². The van der Waals surface area contributed by atoms with Crippen molar-refractivity contribution in [1.29, 1.82) is 0 Å². The quantitative estimate of drug-likeness (QED) is 0.778. The van der Waals surface area contributed by atoms with Crippen LogP contribution in [-0.4, -0.2) is 39.8 Å². The Hall–Kier alpha value is -2.74. The molecule has 4 rings (SSSR count). The number of fused-ring (bicyclic) bond motifs is 1. The first-order valence-electron chi connectivity index (χ1n) is 8.00. The van der Waals surface area contributed by atoms with Crippen molar-refractivity contribution in [3.63, 3.8) is 0 Å². The van der Waals surface area contributed by atoms with Gasteiger partial charge >= 0.3 is 0 Å². The Labute approximate surface area is 149 Å². The lowest BCUT2D eigenvalue weighted by atomic mass is 9.93. The summed E-state index contributed by atoms with van der Waals surface area (Å²) in [5.41, 5.74) is 3.01. The largest absolute Gasteiger partial charge is 0.354 e. The van der Waals surface area contributed by atoms with Crippen LogP contribution in [0, 0.1) is 0 Å². The lowest BCUT2D eigenvalue weighted by molar-refractivity contribution is -0.121. The van der Waals surface area contributed by atoms with E-state index < -0.39 is 0 Å². The van der Waals surface area contributed by atoms with E-state index in [1.165, 1.54) is 6.33 Å². The van der Waals surface area contributed by atoms with Gasteiger partial charge in [-0.25, -0.2) is 14.6 Å². The van der Waals surface area contributed by atoms with Crippen molar-refractivity contribution in [1.82, 2.24) is 25.1 Å². The van der Waals surface area contributed by atoms with Crippen molar-refractivity contribution in [2.24, 2.45) is 0 Å². The molecule has 1 amide bonds. The number of nitrogens with zero attached hydrogens (tertiary/aromatic N) is 5. The molecular weight excluding hydrogens is 336 g/mol. The fourth-order valence-corrected chi connectivity index (χ4v) is 4.08. The van der Waals surface area contributed by atoms with Crippen molar-refractivity contribution in [2.75, 3.05) is 19.0 Å². The number of hydrogen-bond acceptors (Lipinski definition) is 6. The topological polar surface area (TPSA) is 75.9 Å². The molecule has 25 heavy (non-hydrogen) atoms. The van der Waals surface area contributed by atoms with Crippen LogP contribution < -0.4 is 10.2 Å². The number of aromatic nitrogens is 4. The molecule has 2 aromatic heterocycles. The number of carbonyl (C=O) groups excluding carboxylic acids is 1. The summed E-state index contributed by atoms with van der Waals surface area (Å²) in [4.78, 5) is 24.0. The first-order valence-corrected chi connectivity index (χ1v) is 8.82. The summed E-state index contributed by atoms with van der Waals surface area (Å²) in [6, 6.07) is 8.11. The molecule has 0 spiro atoms. The van der Waals surface area contributed by atoms with Crippen molar-refractivity contribution in [3.05, 3.63) is 53.1 Å². The lowest BCUT2D eigenvalue weighted by Crippen LogP contribution is -2.21. The number of hydrogen-bond donors (Lipinski definition) is 1. The van der Waals surface area contributed by atoms with Crippen LogP contribution in [0.4, 0.5) is 5.13 Å². The standard InChI is InChI=1S/C17H18N6OS/c1-22(2)17-21-14-8-19-15(24)7-13(16(14)25-17)11-3-5-12(6-4-11)23-10-18-9-20-23/h3-6,9-10,13H,7-8H2,1-2H3,(H,19,24)/t13-/m0/s1. The van der Waals surface area contributed by atoms with E-state index in [9.17, 15) is 4.79 Å². The third kappa shape index (κ3) is 3.00. The van der Waals surface area contributed by atoms with E-state index in [1.54, 1.807) is 22.3 Å². The molecular formula is C17H18N6OS. The van der Waals surface area contributed by atoms with Gasteiger partial charge in [-0.3, -0.25) is 4.79 Å². The minimum atomic E-state index is 0.0218. The smallest absolute Gasteiger partial charge is 0.221 e. The van der Waals surface area contributed by atoms with Crippen LogP contribution >= 0.6 is 11.3 Å². The third-order valence-corrected chi connectivity index (χ3v) is 5.62. The molecule has 0 saturated carbocycles. The number of benzene rings is 1. The van der Waals surface area contributed by atoms with E-state index in [2.05, 4.69) is 32.5 Å². The average molecular weight is 354 g/mol. The van der Waals surface area contributed by atoms with E-state index in [0.717, 1.165) is 27.0 Å².